The summed E-state index contributed by atoms with van der Waals surface area (Å²) in [5, 5.41) is 20.1. The molecule has 1 aliphatic heterocycles. The molecule has 0 fully saturated rings. The number of carboxylic acids is 1. The van der Waals surface area contributed by atoms with Gasteiger partial charge >= 0.3 is 5.97 Å². The van der Waals surface area contributed by atoms with E-state index in [1.54, 1.807) is 37.3 Å². The average molecular weight is 346 g/mol. The van der Waals surface area contributed by atoms with Gasteiger partial charge in [-0.3, -0.25) is 4.79 Å². The Balaban J connectivity index is 2.25. The van der Waals surface area contributed by atoms with Crippen LogP contribution in [0.5, 0.6) is 5.75 Å². The molecule has 0 radical (unpaired) electrons. The number of carbonyl (C=O) groups is 1. The highest BCUT2D eigenvalue weighted by atomic mass is 16.4. The lowest BCUT2D eigenvalue weighted by atomic mass is 9.89. The van der Waals surface area contributed by atoms with Crippen LogP contribution >= 0.6 is 0 Å². The van der Waals surface area contributed by atoms with E-state index < -0.39 is 5.97 Å². The van der Waals surface area contributed by atoms with E-state index in [9.17, 15) is 19.8 Å². The Morgan fingerprint density at radius 2 is 1.77 bits per heavy atom. The predicted octanol–water partition coefficient (Wildman–Crippen LogP) is 4.28. The molecule has 1 aliphatic carbocycles. The molecule has 0 unspecified atom stereocenters. The summed E-state index contributed by atoms with van der Waals surface area (Å²) in [6.45, 7) is 1.66. The van der Waals surface area contributed by atoms with Crippen molar-refractivity contribution in [1.82, 2.24) is 0 Å². The Kier molecular flexibility index (Phi) is 3.51. The van der Waals surface area contributed by atoms with Crippen molar-refractivity contribution in [2.24, 2.45) is 0 Å². The molecule has 0 saturated heterocycles. The fraction of sp³-hybridized carbons (Fsp3) is 0.0476. The maximum Gasteiger partial charge on any atom is 0.336 e. The quantitative estimate of drug-likeness (QED) is 0.529. The van der Waals surface area contributed by atoms with Gasteiger partial charge in [-0.15, -0.1) is 0 Å². The van der Waals surface area contributed by atoms with Gasteiger partial charge in [0.1, 0.15) is 17.1 Å². The molecule has 2 N–H and O–H groups in total. The number of benzene rings is 3. The zero-order valence-electron chi connectivity index (χ0n) is 13.8. The van der Waals surface area contributed by atoms with Crippen LogP contribution in [-0.2, 0) is 0 Å². The molecular weight excluding hydrogens is 332 g/mol. The van der Waals surface area contributed by atoms with Crippen LogP contribution in [0.3, 0.4) is 0 Å². The van der Waals surface area contributed by atoms with Gasteiger partial charge in [-0.1, -0.05) is 18.2 Å². The van der Waals surface area contributed by atoms with E-state index in [0.717, 1.165) is 0 Å². The van der Waals surface area contributed by atoms with Crippen molar-refractivity contribution in [2.75, 3.05) is 0 Å². The Morgan fingerprint density at radius 1 is 1.00 bits per heavy atom. The fourth-order valence-electron chi connectivity index (χ4n) is 3.24. The van der Waals surface area contributed by atoms with Crippen molar-refractivity contribution in [3.63, 3.8) is 0 Å². The number of phenols is 1. The van der Waals surface area contributed by atoms with E-state index in [1.807, 2.05) is 0 Å². The van der Waals surface area contributed by atoms with E-state index in [1.165, 1.54) is 24.3 Å². The summed E-state index contributed by atoms with van der Waals surface area (Å²) in [5.74, 6) is -0.640. The van der Waals surface area contributed by atoms with Gasteiger partial charge in [0.05, 0.1) is 5.56 Å². The third kappa shape index (κ3) is 2.33. The standard InChI is InChI=1S/C21H14O5/c1-11-17(23)9-8-16-19(13-4-2-3-5-14(13)21(24)25)15-7-6-12(22)10-18(15)26-20(11)16/h2-10,22H,1H3,(H,24,25). The Bertz CT molecular complexity index is 1200. The second kappa shape index (κ2) is 5.74. The highest BCUT2D eigenvalue weighted by molar-refractivity contribution is 6.07. The number of phenolic OH excluding ortho intramolecular Hbond substituents is 1. The second-order valence-electron chi connectivity index (χ2n) is 6.07. The maximum atomic E-state index is 12.1. The summed E-state index contributed by atoms with van der Waals surface area (Å²) >= 11 is 0. The van der Waals surface area contributed by atoms with E-state index in [2.05, 4.69) is 0 Å². The van der Waals surface area contributed by atoms with Gasteiger partial charge in [0.25, 0.3) is 0 Å². The smallest absolute Gasteiger partial charge is 0.336 e. The normalized spacial score (nSPS) is 11.1. The number of aromatic carboxylic acids is 1. The highest BCUT2D eigenvalue weighted by Gasteiger charge is 2.23. The zero-order chi connectivity index (χ0) is 18.4. The van der Waals surface area contributed by atoms with Crippen molar-refractivity contribution in [1.29, 1.82) is 0 Å². The Hall–Kier alpha value is -3.60. The van der Waals surface area contributed by atoms with Crippen LogP contribution in [0.4, 0.5) is 0 Å². The second-order valence-corrected chi connectivity index (χ2v) is 6.07. The minimum absolute atomic E-state index is 0.0222. The van der Waals surface area contributed by atoms with Gasteiger partial charge in [0.2, 0.25) is 0 Å². The van der Waals surface area contributed by atoms with E-state index in [4.69, 9.17) is 4.42 Å². The number of aromatic hydroxyl groups is 1. The van der Waals surface area contributed by atoms with Crippen LogP contribution in [0.1, 0.15) is 15.9 Å². The minimum Gasteiger partial charge on any atom is -0.508 e. The minimum atomic E-state index is -1.04. The summed E-state index contributed by atoms with van der Waals surface area (Å²) in [5.41, 5.74) is 2.62. The molecule has 5 heteroatoms. The SMILES string of the molecule is Cc1c2oc3cc(O)ccc3c(-c3ccccc3C(=O)O)c-2ccc1=O. The molecular formula is C21H14O5. The summed E-state index contributed by atoms with van der Waals surface area (Å²) in [4.78, 5) is 23.8. The first kappa shape index (κ1) is 15.9. The van der Waals surface area contributed by atoms with Crippen molar-refractivity contribution in [2.45, 2.75) is 6.92 Å². The topological polar surface area (TPSA) is 87.7 Å². The van der Waals surface area contributed by atoms with Gasteiger partial charge in [0.15, 0.2) is 5.43 Å². The molecule has 0 saturated carbocycles. The van der Waals surface area contributed by atoms with Crippen LogP contribution < -0.4 is 5.43 Å². The number of carboxylic acid groups (broad SMARTS) is 1. The molecule has 2 aromatic rings. The molecule has 1 heterocycles. The van der Waals surface area contributed by atoms with Gasteiger partial charge in [-0.2, -0.15) is 0 Å². The molecule has 0 aromatic heterocycles. The average Bonchev–Trinajstić information content (AvgIpc) is 2.63. The lowest BCUT2D eigenvalue weighted by Crippen LogP contribution is -2.07. The monoisotopic (exact) mass is 346 g/mol. The molecule has 26 heavy (non-hydrogen) atoms. The van der Waals surface area contributed by atoms with Gasteiger partial charge in [-0.05, 0) is 42.8 Å². The predicted molar refractivity (Wildman–Crippen MR) is 97.9 cm³/mol. The maximum absolute atomic E-state index is 12.1. The van der Waals surface area contributed by atoms with Gasteiger partial charge < -0.3 is 14.6 Å². The third-order valence-corrected chi connectivity index (χ3v) is 4.50. The van der Waals surface area contributed by atoms with E-state index in [-0.39, 0.29) is 16.7 Å². The number of hydrogen-bond acceptors (Lipinski definition) is 4. The molecule has 0 atom stereocenters. The van der Waals surface area contributed by atoms with Gasteiger partial charge in [0, 0.05) is 28.1 Å². The first-order valence-electron chi connectivity index (χ1n) is 7.99. The number of rotatable bonds is 2. The lowest BCUT2D eigenvalue weighted by molar-refractivity contribution is 0.0697. The summed E-state index contributed by atoms with van der Waals surface area (Å²) < 4.78 is 5.89. The van der Waals surface area contributed by atoms with E-state index in [0.29, 0.717) is 39.0 Å². The molecule has 4 rings (SSSR count). The highest BCUT2D eigenvalue weighted by Crippen LogP contribution is 2.42. The van der Waals surface area contributed by atoms with Crippen LogP contribution in [0.15, 0.2) is 63.8 Å². The summed E-state index contributed by atoms with van der Waals surface area (Å²) in [6, 6.07) is 14.4. The number of fused-ring (bicyclic) bond motifs is 2. The lowest BCUT2D eigenvalue weighted by Gasteiger charge is -2.17. The summed E-state index contributed by atoms with van der Waals surface area (Å²) in [6.07, 6.45) is 0. The van der Waals surface area contributed by atoms with Crippen molar-refractivity contribution < 1.29 is 19.4 Å². The van der Waals surface area contributed by atoms with Crippen LogP contribution in [0, 0.1) is 6.92 Å². The molecule has 2 aliphatic rings. The van der Waals surface area contributed by atoms with Crippen molar-refractivity contribution in [3.05, 3.63) is 75.9 Å². The first-order chi connectivity index (χ1) is 12.5. The third-order valence-electron chi connectivity index (χ3n) is 4.50. The zero-order valence-corrected chi connectivity index (χ0v) is 13.8. The fourth-order valence-corrected chi connectivity index (χ4v) is 3.24. The molecule has 0 amide bonds. The Labute approximate surface area is 148 Å². The van der Waals surface area contributed by atoms with Crippen molar-refractivity contribution in [3.8, 4) is 28.2 Å². The summed E-state index contributed by atoms with van der Waals surface area (Å²) in [7, 11) is 0. The van der Waals surface area contributed by atoms with Crippen LogP contribution in [-0.4, -0.2) is 16.2 Å². The van der Waals surface area contributed by atoms with Gasteiger partial charge in [-0.25, -0.2) is 4.79 Å². The largest absolute Gasteiger partial charge is 0.508 e. The molecule has 0 bridgehead atoms. The first-order valence-corrected chi connectivity index (χ1v) is 7.99. The molecule has 128 valence electrons. The molecule has 0 spiro atoms. The van der Waals surface area contributed by atoms with Crippen molar-refractivity contribution >= 4 is 16.9 Å². The van der Waals surface area contributed by atoms with Crippen LogP contribution in [0.2, 0.25) is 0 Å². The molecule has 5 nitrogen and oxygen atoms in total. The van der Waals surface area contributed by atoms with Crippen LogP contribution in [0.25, 0.3) is 33.4 Å². The molecule has 2 aromatic carbocycles. The Morgan fingerprint density at radius 3 is 2.54 bits per heavy atom. The number of hydrogen-bond donors (Lipinski definition) is 2. The van der Waals surface area contributed by atoms with E-state index >= 15 is 0 Å².